The topological polar surface area (TPSA) is 29.1 Å². The van der Waals surface area contributed by atoms with E-state index in [0.717, 1.165) is 19.7 Å². The van der Waals surface area contributed by atoms with Crippen molar-refractivity contribution in [3.05, 3.63) is 39.4 Å². The van der Waals surface area contributed by atoms with Crippen molar-refractivity contribution in [2.75, 3.05) is 5.23 Å². The molecule has 0 fully saturated rings. The van der Waals surface area contributed by atoms with Crippen LogP contribution in [0.4, 0.5) is 5.69 Å². The first-order valence-corrected chi connectivity index (χ1v) is 6.82. The number of hydrogen-bond acceptors (Lipinski definition) is 4. The minimum Gasteiger partial charge on any atom is -0.437 e. The Morgan fingerprint density at radius 3 is 2.88 bits per heavy atom. The predicted octanol–water partition coefficient (Wildman–Crippen LogP) is 3.28. The van der Waals surface area contributed by atoms with Gasteiger partial charge in [-0.25, -0.2) is 0 Å². The third kappa shape index (κ3) is 1.50. The van der Waals surface area contributed by atoms with Gasteiger partial charge in [-0.2, -0.15) is 0 Å². The summed E-state index contributed by atoms with van der Waals surface area (Å²) in [4.78, 5) is 12.4. The van der Waals surface area contributed by atoms with Gasteiger partial charge in [-0.1, -0.05) is 6.07 Å². The number of fused-ring (bicyclic) bond motifs is 2. The first-order valence-electron chi connectivity index (χ1n) is 5.12. The smallest absolute Gasteiger partial charge is 0.222 e. The second-order valence-corrected chi connectivity index (χ2v) is 6.03. The standard InChI is InChI=1S/C12H8BNOS2/c1-6-2-3-8(14-13)9-10(15)7-4-5-16-12(7)17-11(6)9/h2-5,14H,1H3. The van der Waals surface area contributed by atoms with Crippen LogP contribution in [0.2, 0.25) is 0 Å². The molecule has 0 amide bonds. The maximum Gasteiger partial charge on any atom is 0.222 e. The summed E-state index contributed by atoms with van der Waals surface area (Å²) < 4.78 is 2.08. The molecule has 0 aliphatic heterocycles. The van der Waals surface area contributed by atoms with Crippen molar-refractivity contribution in [2.24, 2.45) is 0 Å². The first-order chi connectivity index (χ1) is 8.22. The Labute approximate surface area is 107 Å². The predicted molar refractivity (Wildman–Crippen MR) is 77.6 cm³/mol. The van der Waals surface area contributed by atoms with Gasteiger partial charge in [0.15, 0.2) is 5.43 Å². The zero-order valence-electron chi connectivity index (χ0n) is 9.11. The average molecular weight is 257 g/mol. The molecule has 0 unspecified atom stereocenters. The molecule has 1 N–H and O–H groups in total. The van der Waals surface area contributed by atoms with Gasteiger partial charge in [0.25, 0.3) is 0 Å². The number of rotatable bonds is 1. The van der Waals surface area contributed by atoms with Gasteiger partial charge in [-0.05, 0) is 30.0 Å². The van der Waals surface area contributed by atoms with E-state index in [1.54, 1.807) is 22.7 Å². The third-order valence-corrected chi connectivity index (χ3v) is 5.19. The highest BCUT2D eigenvalue weighted by molar-refractivity contribution is 7.40. The summed E-state index contributed by atoms with van der Waals surface area (Å²) in [5.41, 5.74) is 1.86. The molecule has 2 aromatic heterocycles. The van der Waals surface area contributed by atoms with E-state index < -0.39 is 0 Å². The van der Waals surface area contributed by atoms with Crippen LogP contribution in [0.1, 0.15) is 5.56 Å². The molecular weight excluding hydrogens is 249 g/mol. The molecular formula is C12H8BNOS2. The number of hydrogen-bond donors (Lipinski definition) is 1. The van der Waals surface area contributed by atoms with E-state index >= 15 is 0 Å². The quantitative estimate of drug-likeness (QED) is 0.678. The Hall–Kier alpha value is -1.33. The first kappa shape index (κ1) is 10.8. The summed E-state index contributed by atoms with van der Waals surface area (Å²) in [6, 6.07) is 5.71. The number of thiophene rings is 1. The molecule has 1 aromatic carbocycles. The monoisotopic (exact) mass is 257 g/mol. The van der Waals surface area contributed by atoms with Crippen molar-refractivity contribution in [3.8, 4) is 0 Å². The van der Waals surface area contributed by atoms with E-state index in [1.807, 2.05) is 30.5 Å². The number of anilines is 1. The van der Waals surface area contributed by atoms with Crippen LogP contribution in [0.15, 0.2) is 28.4 Å². The van der Waals surface area contributed by atoms with E-state index in [2.05, 4.69) is 5.23 Å². The van der Waals surface area contributed by atoms with Crippen molar-refractivity contribution in [1.82, 2.24) is 0 Å². The Kier molecular flexibility index (Phi) is 2.45. The van der Waals surface area contributed by atoms with Gasteiger partial charge in [0, 0.05) is 10.4 Å². The van der Waals surface area contributed by atoms with Gasteiger partial charge < -0.3 is 5.23 Å². The minimum atomic E-state index is 0.0617. The van der Waals surface area contributed by atoms with Crippen molar-refractivity contribution >= 4 is 55.8 Å². The fraction of sp³-hybridized carbons (Fsp3) is 0.0833. The Morgan fingerprint density at radius 1 is 1.29 bits per heavy atom. The van der Waals surface area contributed by atoms with Crippen molar-refractivity contribution in [3.63, 3.8) is 0 Å². The second-order valence-electron chi connectivity index (χ2n) is 3.83. The van der Waals surface area contributed by atoms with Crippen LogP contribution in [0, 0.1) is 6.92 Å². The lowest BCUT2D eigenvalue weighted by atomic mass is 10.1. The molecule has 3 rings (SSSR count). The highest BCUT2D eigenvalue weighted by Gasteiger charge is 2.11. The van der Waals surface area contributed by atoms with Crippen LogP contribution in [0.5, 0.6) is 0 Å². The van der Waals surface area contributed by atoms with Crippen LogP contribution in [-0.2, 0) is 0 Å². The van der Waals surface area contributed by atoms with Crippen LogP contribution in [0.25, 0.3) is 19.5 Å². The van der Waals surface area contributed by atoms with Crippen LogP contribution >= 0.6 is 22.7 Å². The SMILES string of the molecule is [B]Nc1ccc(C)c2sc3sccc3c(=O)c12. The lowest BCUT2D eigenvalue weighted by Gasteiger charge is -2.07. The van der Waals surface area contributed by atoms with Gasteiger partial charge >= 0.3 is 0 Å². The minimum absolute atomic E-state index is 0.0617. The van der Waals surface area contributed by atoms with Crippen molar-refractivity contribution in [1.29, 1.82) is 0 Å². The van der Waals surface area contributed by atoms with Gasteiger partial charge in [0.2, 0.25) is 7.98 Å². The van der Waals surface area contributed by atoms with Gasteiger partial charge in [-0.3, -0.25) is 4.79 Å². The Bertz CT molecular complexity index is 775. The molecule has 3 aromatic rings. The highest BCUT2D eigenvalue weighted by Crippen LogP contribution is 2.33. The summed E-state index contributed by atoms with van der Waals surface area (Å²) in [5, 5.41) is 6.04. The van der Waals surface area contributed by atoms with Crippen LogP contribution < -0.4 is 10.7 Å². The van der Waals surface area contributed by atoms with Gasteiger partial charge in [0.1, 0.15) is 0 Å². The largest absolute Gasteiger partial charge is 0.437 e. The fourth-order valence-electron chi connectivity index (χ4n) is 1.93. The molecule has 82 valence electrons. The normalized spacial score (nSPS) is 11.1. The maximum atomic E-state index is 12.4. The molecule has 0 atom stereocenters. The van der Waals surface area contributed by atoms with Crippen molar-refractivity contribution < 1.29 is 0 Å². The molecule has 0 aliphatic rings. The Balaban J connectivity index is 2.65. The summed E-state index contributed by atoms with van der Waals surface area (Å²) in [7, 11) is 5.47. The molecule has 0 spiro atoms. The zero-order chi connectivity index (χ0) is 12.0. The van der Waals surface area contributed by atoms with Gasteiger partial charge in [0.05, 0.1) is 14.8 Å². The lowest BCUT2D eigenvalue weighted by Crippen LogP contribution is -2.04. The molecule has 0 aliphatic carbocycles. The number of aryl methyl sites for hydroxylation is 1. The van der Waals surface area contributed by atoms with Crippen LogP contribution in [-0.4, -0.2) is 7.98 Å². The third-order valence-electron chi connectivity index (χ3n) is 2.81. The molecule has 5 heteroatoms. The molecule has 2 radical (unpaired) electrons. The fourth-order valence-corrected chi connectivity index (χ4v) is 4.15. The van der Waals surface area contributed by atoms with E-state index in [9.17, 15) is 4.79 Å². The van der Waals surface area contributed by atoms with E-state index in [1.165, 1.54) is 0 Å². The molecule has 2 nitrogen and oxygen atoms in total. The summed E-state index contributed by atoms with van der Waals surface area (Å²) in [6.07, 6.45) is 0. The summed E-state index contributed by atoms with van der Waals surface area (Å²) in [5.74, 6) is 0. The summed E-state index contributed by atoms with van der Waals surface area (Å²) >= 11 is 3.26. The highest BCUT2D eigenvalue weighted by atomic mass is 32.2. The zero-order valence-corrected chi connectivity index (χ0v) is 10.7. The van der Waals surface area contributed by atoms with Crippen molar-refractivity contribution in [2.45, 2.75) is 6.92 Å². The van der Waals surface area contributed by atoms with Gasteiger partial charge in [-0.15, -0.1) is 22.7 Å². The van der Waals surface area contributed by atoms with E-state index in [4.69, 9.17) is 7.98 Å². The molecule has 0 bridgehead atoms. The lowest BCUT2D eigenvalue weighted by molar-refractivity contribution is 1.55. The molecule has 17 heavy (non-hydrogen) atoms. The molecule has 0 saturated carbocycles. The Morgan fingerprint density at radius 2 is 2.12 bits per heavy atom. The number of benzene rings is 1. The number of nitrogens with one attached hydrogen (secondary N) is 1. The second kappa shape index (κ2) is 3.86. The van der Waals surface area contributed by atoms with E-state index in [0.29, 0.717) is 11.1 Å². The molecule has 2 heterocycles. The van der Waals surface area contributed by atoms with E-state index in [-0.39, 0.29) is 5.43 Å². The summed E-state index contributed by atoms with van der Waals surface area (Å²) in [6.45, 7) is 2.01. The molecule has 0 saturated heterocycles. The maximum absolute atomic E-state index is 12.4. The van der Waals surface area contributed by atoms with Crippen LogP contribution in [0.3, 0.4) is 0 Å². The average Bonchev–Trinajstić information content (AvgIpc) is 2.79.